The highest BCUT2D eigenvalue weighted by atomic mass is 32.2. The summed E-state index contributed by atoms with van der Waals surface area (Å²) >= 11 is 0. The van der Waals surface area contributed by atoms with Crippen LogP contribution in [-0.2, 0) is 16.6 Å². The summed E-state index contributed by atoms with van der Waals surface area (Å²) in [6, 6.07) is 0.417. The number of aromatic nitrogens is 2. The van der Waals surface area contributed by atoms with Gasteiger partial charge in [0, 0.05) is 31.9 Å². The first-order valence-corrected chi connectivity index (χ1v) is 8.64. The number of nitrogens with zero attached hydrogens (tertiary/aromatic N) is 3. The van der Waals surface area contributed by atoms with Crippen molar-refractivity contribution in [3.05, 3.63) is 12.0 Å². The maximum Gasteiger partial charge on any atom is 0.262 e. The molecule has 0 amide bonds. The third kappa shape index (κ3) is 3.05. The van der Waals surface area contributed by atoms with Gasteiger partial charge < -0.3 is 9.88 Å². The fourth-order valence-electron chi connectivity index (χ4n) is 2.59. The Morgan fingerprint density at radius 3 is 2.60 bits per heavy atom. The Hall–Kier alpha value is -0.920. The average molecular weight is 300 g/mol. The van der Waals surface area contributed by atoms with Gasteiger partial charge in [0.1, 0.15) is 5.82 Å². The zero-order valence-electron chi connectivity index (χ0n) is 12.5. The Morgan fingerprint density at radius 1 is 1.40 bits per heavy atom. The zero-order valence-corrected chi connectivity index (χ0v) is 13.3. The van der Waals surface area contributed by atoms with Crippen LogP contribution in [0.4, 0.5) is 0 Å². The molecule has 6 nitrogen and oxygen atoms in total. The molecule has 0 spiro atoms. The van der Waals surface area contributed by atoms with Gasteiger partial charge in [-0.2, -0.15) is 4.31 Å². The van der Waals surface area contributed by atoms with E-state index in [-0.39, 0.29) is 5.03 Å². The molecule has 0 saturated carbocycles. The highest BCUT2D eigenvalue weighted by Crippen LogP contribution is 2.20. The largest absolute Gasteiger partial charge is 0.334 e. The number of hydrogen-bond donors (Lipinski definition) is 1. The molecular weight excluding hydrogens is 276 g/mol. The van der Waals surface area contributed by atoms with Crippen LogP contribution in [0.3, 0.4) is 0 Å². The molecule has 1 aliphatic rings. The Morgan fingerprint density at radius 2 is 2.05 bits per heavy atom. The van der Waals surface area contributed by atoms with Crippen LogP contribution < -0.4 is 5.32 Å². The van der Waals surface area contributed by atoms with E-state index >= 15 is 0 Å². The minimum Gasteiger partial charge on any atom is -0.334 e. The van der Waals surface area contributed by atoms with Crippen molar-refractivity contribution in [2.45, 2.75) is 50.7 Å². The van der Waals surface area contributed by atoms with Gasteiger partial charge in [0.15, 0.2) is 5.03 Å². The second-order valence-electron chi connectivity index (χ2n) is 5.29. The van der Waals surface area contributed by atoms with E-state index in [0.29, 0.717) is 19.1 Å². The smallest absolute Gasteiger partial charge is 0.262 e. The SMILES string of the molecule is CCCn1cc(S(=O)(=O)N2CCC(NC)CC2)nc1C. The monoisotopic (exact) mass is 300 g/mol. The molecule has 114 valence electrons. The summed E-state index contributed by atoms with van der Waals surface area (Å²) in [5.41, 5.74) is 0. The Labute approximate surface area is 121 Å². The molecule has 2 rings (SSSR count). The van der Waals surface area contributed by atoms with Crippen LogP contribution in [0.2, 0.25) is 0 Å². The summed E-state index contributed by atoms with van der Waals surface area (Å²) in [7, 11) is -1.52. The zero-order chi connectivity index (χ0) is 14.8. The van der Waals surface area contributed by atoms with Gasteiger partial charge in [-0.3, -0.25) is 0 Å². The summed E-state index contributed by atoms with van der Waals surface area (Å²) < 4.78 is 28.6. The average Bonchev–Trinajstić information content (AvgIpc) is 2.81. The second-order valence-corrected chi connectivity index (χ2v) is 7.17. The Balaban J connectivity index is 2.16. The normalized spacial score (nSPS) is 18.6. The summed E-state index contributed by atoms with van der Waals surface area (Å²) in [4.78, 5) is 4.23. The van der Waals surface area contributed by atoms with Gasteiger partial charge in [-0.05, 0) is 33.2 Å². The molecule has 0 aromatic carbocycles. The molecule has 20 heavy (non-hydrogen) atoms. The molecule has 0 radical (unpaired) electrons. The molecule has 0 bridgehead atoms. The molecule has 2 heterocycles. The van der Waals surface area contributed by atoms with Crippen molar-refractivity contribution >= 4 is 10.0 Å². The first kappa shape index (κ1) is 15.5. The number of hydrogen-bond acceptors (Lipinski definition) is 4. The molecule has 0 aliphatic carbocycles. The van der Waals surface area contributed by atoms with Gasteiger partial charge >= 0.3 is 0 Å². The highest BCUT2D eigenvalue weighted by molar-refractivity contribution is 7.89. The van der Waals surface area contributed by atoms with Gasteiger partial charge in [-0.25, -0.2) is 13.4 Å². The van der Waals surface area contributed by atoms with Crippen LogP contribution in [0.5, 0.6) is 0 Å². The first-order valence-electron chi connectivity index (χ1n) is 7.20. The maximum atomic E-state index is 12.6. The van der Waals surface area contributed by atoms with E-state index in [1.54, 1.807) is 10.5 Å². The fraction of sp³-hybridized carbons (Fsp3) is 0.769. The molecular formula is C13H24N4O2S. The van der Waals surface area contributed by atoms with Crippen molar-refractivity contribution < 1.29 is 8.42 Å². The van der Waals surface area contributed by atoms with E-state index in [1.807, 2.05) is 18.5 Å². The third-order valence-corrected chi connectivity index (χ3v) is 5.66. The van der Waals surface area contributed by atoms with E-state index in [2.05, 4.69) is 17.2 Å². The quantitative estimate of drug-likeness (QED) is 0.880. The molecule has 1 N–H and O–H groups in total. The Bertz CT molecular complexity index is 545. The van der Waals surface area contributed by atoms with Crippen molar-refractivity contribution in [3.8, 4) is 0 Å². The van der Waals surface area contributed by atoms with Gasteiger partial charge in [-0.15, -0.1) is 0 Å². The maximum absolute atomic E-state index is 12.6. The van der Waals surface area contributed by atoms with Crippen LogP contribution in [0, 0.1) is 6.92 Å². The van der Waals surface area contributed by atoms with Crippen LogP contribution in [0.25, 0.3) is 0 Å². The lowest BCUT2D eigenvalue weighted by Crippen LogP contribution is -2.43. The van der Waals surface area contributed by atoms with E-state index < -0.39 is 10.0 Å². The molecule has 1 aliphatic heterocycles. The minimum atomic E-state index is -3.44. The third-order valence-electron chi connectivity index (χ3n) is 3.88. The number of imidazole rings is 1. The van der Waals surface area contributed by atoms with Crippen LogP contribution in [-0.4, -0.2) is 48.5 Å². The molecule has 1 aromatic rings. The van der Waals surface area contributed by atoms with Crippen molar-refractivity contribution in [3.63, 3.8) is 0 Å². The molecule has 1 saturated heterocycles. The van der Waals surface area contributed by atoms with Gasteiger partial charge in [-0.1, -0.05) is 6.92 Å². The summed E-state index contributed by atoms with van der Waals surface area (Å²) in [6.45, 7) is 5.84. The van der Waals surface area contributed by atoms with Gasteiger partial charge in [0.2, 0.25) is 0 Å². The number of nitrogens with one attached hydrogen (secondary N) is 1. The summed E-state index contributed by atoms with van der Waals surface area (Å²) in [5.74, 6) is 0.760. The van der Waals surface area contributed by atoms with Crippen LogP contribution >= 0.6 is 0 Å². The molecule has 0 atom stereocenters. The summed E-state index contributed by atoms with van der Waals surface area (Å²) in [5, 5.41) is 3.39. The minimum absolute atomic E-state index is 0.186. The van der Waals surface area contributed by atoms with Crippen LogP contribution in [0.15, 0.2) is 11.2 Å². The lowest BCUT2D eigenvalue weighted by atomic mass is 10.1. The molecule has 1 fully saturated rings. The summed E-state index contributed by atoms with van der Waals surface area (Å²) in [6.07, 6.45) is 4.33. The van der Waals surface area contributed by atoms with Gasteiger partial charge in [0.25, 0.3) is 10.0 Å². The lowest BCUT2D eigenvalue weighted by molar-refractivity contribution is 0.298. The Kier molecular flexibility index (Phi) is 4.82. The molecule has 7 heteroatoms. The second kappa shape index (κ2) is 6.24. The van der Waals surface area contributed by atoms with E-state index in [0.717, 1.165) is 31.6 Å². The first-order chi connectivity index (χ1) is 9.48. The molecule has 1 aromatic heterocycles. The standard InChI is InChI=1S/C13H24N4O2S/c1-4-7-16-10-13(15-11(16)2)20(18,19)17-8-5-12(14-3)6-9-17/h10,12,14H,4-9H2,1-3H3. The predicted octanol–water partition coefficient (Wildman–Crippen LogP) is 0.974. The van der Waals surface area contributed by atoms with Crippen molar-refractivity contribution in [1.82, 2.24) is 19.2 Å². The van der Waals surface area contributed by atoms with E-state index in [1.165, 1.54) is 0 Å². The fourth-order valence-corrected chi connectivity index (χ4v) is 4.05. The molecule has 0 unspecified atom stereocenters. The van der Waals surface area contributed by atoms with Crippen molar-refractivity contribution in [2.75, 3.05) is 20.1 Å². The van der Waals surface area contributed by atoms with Crippen molar-refractivity contribution in [2.24, 2.45) is 0 Å². The topological polar surface area (TPSA) is 67.2 Å². The van der Waals surface area contributed by atoms with Gasteiger partial charge in [0.05, 0.1) is 0 Å². The van der Waals surface area contributed by atoms with E-state index in [9.17, 15) is 8.42 Å². The van der Waals surface area contributed by atoms with Crippen molar-refractivity contribution in [1.29, 1.82) is 0 Å². The number of sulfonamides is 1. The number of aryl methyl sites for hydroxylation is 2. The number of rotatable bonds is 5. The van der Waals surface area contributed by atoms with Crippen LogP contribution in [0.1, 0.15) is 32.0 Å². The highest BCUT2D eigenvalue weighted by Gasteiger charge is 2.30. The lowest BCUT2D eigenvalue weighted by Gasteiger charge is -2.30. The predicted molar refractivity (Wildman–Crippen MR) is 78.1 cm³/mol. The number of piperidine rings is 1. The van der Waals surface area contributed by atoms with E-state index in [4.69, 9.17) is 0 Å².